The molecule has 0 saturated heterocycles. The third-order valence-electron chi connectivity index (χ3n) is 6.42. The number of hydrogen-bond acceptors (Lipinski definition) is 2. The molecule has 0 saturated carbocycles. The summed E-state index contributed by atoms with van der Waals surface area (Å²) in [5, 5.41) is 11.3. The average molecular weight is 486 g/mol. The van der Waals surface area contributed by atoms with E-state index in [2.05, 4.69) is 4.90 Å². The predicted molar refractivity (Wildman–Crippen MR) is 130 cm³/mol. The third kappa shape index (κ3) is 5.72. The molecule has 0 spiro atoms. The largest absolute Gasteiger partial charge is 0.388 e. The summed E-state index contributed by atoms with van der Waals surface area (Å²) in [7, 11) is 0. The van der Waals surface area contributed by atoms with Crippen LogP contribution in [0.1, 0.15) is 46.8 Å². The standard InChI is InChI=1S/C28H27ClF3NO/c1-18-27(31)24(17-25(30)28(18)32)21-10-13-33(14-11-21)15-12-26(34)22-6-2-19(3-7-22)16-20-4-8-23(29)9-5-20/h2-10,17,26,34H,11-16H2,1H3. The van der Waals surface area contributed by atoms with Crippen molar-refractivity contribution in [1.29, 1.82) is 0 Å². The first kappa shape index (κ1) is 24.5. The Morgan fingerprint density at radius 1 is 0.971 bits per heavy atom. The van der Waals surface area contributed by atoms with E-state index in [1.54, 1.807) is 0 Å². The van der Waals surface area contributed by atoms with Gasteiger partial charge in [-0.3, -0.25) is 4.90 Å². The molecule has 6 heteroatoms. The molecular formula is C28H27ClF3NO. The van der Waals surface area contributed by atoms with Crippen LogP contribution in [0, 0.1) is 24.4 Å². The van der Waals surface area contributed by atoms with Gasteiger partial charge in [0.1, 0.15) is 5.82 Å². The van der Waals surface area contributed by atoms with Crippen molar-refractivity contribution >= 4 is 17.2 Å². The molecule has 1 unspecified atom stereocenters. The molecule has 0 aliphatic carbocycles. The lowest BCUT2D eigenvalue weighted by Crippen LogP contribution is -2.30. The summed E-state index contributed by atoms with van der Waals surface area (Å²) in [5.74, 6) is -2.86. The molecule has 3 aromatic rings. The van der Waals surface area contributed by atoms with E-state index in [0.29, 0.717) is 43.1 Å². The lowest BCUT2D eigenvalue weighted by atomic mass is 9.96. The van der Waals surface area contributed by atoms with Gasteiger partial charge in [-0.15, -0.1) is 0 Å². The molecule has 1 heterocycles. The second kappa shape index (κ2) is 10.8. The quantitative estimate of drug-likeness (QED) is 0.369. The van der Waals surface area contributed by atoms with Crippen LogP contribution >= 0.6 is 11.6 Å². The highest BCUT2D eigenvalue weighted by Gasteiger charge is 2.21. The summed E-state index contributed by atoms with van der Waals surface area (Å²) in [6, 6.07) is 16.7. The highest BCUT2D eigenvalue weighted by molar-refractivity contribution is 6.30. The Balaban J connectivity index is 1.30. The van der Waals surface area contributed by atoms with Crippen molar-refractivity contribution in [2.45, 2.75) is 32.3 Å². The second-order valence-corrected chi connectivity index (χ2v) is 9.22. The topological polar surface area (TPSA) is 23.5 Å². The van der Waals surface area contributed by atoms with Gasteiger partial charge in [0.15, 0.2) is 11.6 Å². The number of aliphatic hydroxyl groups excluding tert-OH is 1. The number of aliphatic hydroxyl groups is 1. The van der Waals surface area contributed by atoms with Crippen molar-refractivity contribution in [1.82, 2.24) is 4.90 Å². The van der Waals surface area contributed by atoms with E-state index in [1.807, 2.05) is 54.6 Å². The Bertz CT molecular complexity index is 1180. The highest BCUT2D eigenvalue weighted by atomic mass is 35.5. The molecule has 178 valence electrons. The Morgan fingerprint density at radius 2 is 1.62 bits per heavy atom. The van der Waals surface area contributed by atoms with Crippen LogP contribution < -0.4 is 0 Å². The van der Waals surface area contributed by atoms with E-state index in [0.717, 1.165) is 23.6 Å². The third-order valence-corrected chi connectivity index (χ3v) is 6.67. The minimum absolute atomic E-state index is 0.134. The first-order valence-electron chi connectivity index (χ1n) is 11.4. The van der Waals surface area contributed by atoms with Crippen LogP contribution in [0.2, 0.25) is 5.02 Å². The molecule has 2 nitrogen and oxygen atoms in total. The van der Waals surface area contributed by atoms with Crippen molar-refractivity contribution in [3.05, 3.63) is 111 Å². The zero-order chi connectivity index (χ0) is 24.2. The van der Waals surface area contributed by atoms with Gasteiger partial charge in [0.25, 0.3) is 0 Å². The van der Waals surface area contributed by atoms with Crippen molar-refractivity contribution in [3.8, 4) is 0 Å². The van der Waals surface area contributed by atoms with Gasteiger partial charge >= 0.3 is 0 Å². The van der Waals surface area contributed by atoms with Crippen LogP contribution in [-0.2, 0) is 6.42 Å². The molecule has 0 aromatic heterocycles. The molecule has 1 atom stereocenters. The number of benzene rings is 3. The number of nitrogens with zero attached hydrogens (tertiary/aromatic N) is 1. The number of hydrogen-bond donors (Lipinski definition) is 1. The van der Waals surface area contributed by atoms with E-state index < -0.39 is 23.6 Å². The van der Waals surface area contributed by atoms with Crippen molar-refractivity contribution in [3.63, 3.8) is 0 Å². The Labute approximate surface area is 203 Å². The van der Waals surface area contributed by atoms with Crippen LogP contribution in [-0.4, -0.2) is 29.6 Å². The van der Waals surface area contributed by atoms with Crippen LogP contribution in [0.4, 0.5) is 13.2 Å². The minimum atomic E-state index is -1.13. The average Bonchev–Trinajstić information content (AvgIpc) is 2.86. The maximum Gasteiger partial charge on any atom is 0.164 e. The van der Waals surface area contributed by atoms with Crippen molar-refractivity contribution in [2.24, 2.45) is 0 Å². The first-order valence-corrected chi connectivity index (χ1v) is 11.8. The Morgan fingerprint density at radius 3 is 2.24 bits per heavy atom. The first-order chi connectivity index (χ1) is 16.3. The van der Waals surface area contributed by atoms with Crippen molar-refractivity contribution in [2.75, 3.05) is 19.6 Å². The highest BCUT2D eigenvalue weighted by Crippen LogP contribution is 2.29. The van der Waals surface area contributed by atoms with Gasteiger partial charge in [0.05, 0.1) is 6.10 Å². The Kier molecular flexibility index (Phi) is 7.77. The molecule has 1 aliphatic heterocycles. The molecule has 4 rings (SSSR count). The van der Waals surface area contributed by atoms with E-state index in [4.69, 9.17) is 11.6 Å². The van der Waals surface area contributed by atoms with Gasteiger partial charge in [-0.25, -0.2) is 13.2 Å². The minimum Gasteiger partial charge on any atom is -0.388 e. The van der Waals surface area contributed by atoms with Crippen LogP contribution in [0.15, 0.2) is 60.7 Å². The summed E-state index contributed by atoms with van der Waals surface area (Å²) < 4.78 is 41.8. The smallest absolute Gasteiger partial charge is 0.164 e. The molecule has 34 heavy (non-hydrogen) atoms. The summed E-state index contributed by atoms with van der Waals surface area (Å²) >= 11 is 5.94. The zero-order valence-corrected chi connectivity index (χ0v) is 19.8. The van der Waals surface area contributed by atoms with Gasteiger partial charge in [-0.05, 0) is 66.6 Å². The fourth-order valence-electron chi connectivity index (χ4n) is 4.29. The van der Waals surface area contributed by atoms with E-state index >= 15 is 0 Å². The normalized spacial score (nSPS) is 15.3. The molecule has 1 N–H and O–H groups in total. The van der Waals surface area contributed by atoms with Gasteiger partial charge in [0, 0.05) is 35.8 Å². The molecule has 0 fully saturated rings. The van der Waals surface area contributed by atoms with Gasteiger partial charge in [-0.2, -0.15) is 0 Å². The maximum atomic E-state index is 14.4. The molecular weight excluding hydrogens is 459 g/mol. The summed E-state index contributed by atoms with van der Waals surface area (Å²) in [6.45, 7) is 3.16. The van der Waals surface area contributed by atoms with Crippen LogP contribution in [0.5, 0.6) is 0 Å². The van der Waals surface area contributed by atoms with E-state index in [1.165, 1.54) is 12.5 Å². The van der Waals surface area contributed by atoms with Crippen LogP contribution in [0.25, 0.3) is 5.57 Å². The summed E-state index contributed by atoms with van der Waals surface area (Å²) in [6.07, 6.45) is 3.18. The predicted octanol–water partition coefficient (Wildman–Crippen LogP) is 6.87. The van der Waals surface area contributed by atoms with Crippen LogP contribution in [0.3, 0.4) is 0 Å². The maximum absolute atomic E-state index is 14.4. The fourth-order valence-corrected chi connectivity index (χ4v) is 4.42. The SMILES string of the molecule is Cc1c(F)c(F)cc(C2=CCN(CCC(O)c3ccc(Cc4ccc(Cl)cc4)cc3)CC2)c1F. The number of rotatable bonds is 7. The zero-order valence-electron chi connectivity index (χ0n) is 19.0. The van der Waals surface area contributed by atoms with Gasteiger partial charge in [0.2, 0.25) is 0 Å². The molecule has 0 bridgehead atoms. The van der Waals surface area contributed by atoms with E-state index in [9.17, 15) is 18.3 Å². The fraction of sp³-hybridized carbons (Fsp3) is 0.286. The Hall–Kier alpha value is -2.60. The molecule has 3 aromatic carbocycles. The second-order valence-electron chi connectivity index (χ2n) is 8.79. The summed E-state index contributed by atoms with van der Waals surface area (Å²) in [5.41, 5.74) is 3.73. The van der Waals surface area contributed by atoms with Crippen molar-refractivity contribution < 1.29 is 18.3 Å². The monoisotopic (exact) mass is 485 g/mol. The van der Waals surface area contributed by atoms with Gasteiger partial charge < -0.3 is 5.11 Å². The molecule has 1 aliphatic rings. The summed E-state index contributed by atoms with van der Waals surface area (Å²) in [4.78, 5) is 2.16. The van der Waals surface area contributed by atoms with Gasteiger partial charge in [-0.1, -0.05) is 54.1 Å². The lowest BCUT2D eigenvalue weighted by molar-refractivity contribution is 0.145. The number of halogens is 4. The molecule has 0 radical (unpaired) electrons. The molecule has 0 amide bonds. The van der Waals surface area contributed by atoms with E-state index in [-0.39, 0.29) is 11.1 Å². The lowest BCUT2D eigenvalue weighted by Gasteiger charge is -2.27.